The highest BCUT2D eigenvalue weighted by Crippen LogP contribution is 2.27. The van der Waals surface area contributed by atoms with Crippen molar-refractivity contribution in [1.29, 1.82) is 0 Å². The second-order valence-corrected chi connectivity index (χ2v) is 6.74. The van der Waals surface area contributed by atoms with Crippen molar-refractivity contribution in [3.63, 3.8) is 0 Å². The number of carbonyl (C=O) groups is 2. The third kappa shape index (κ3) is 7.57. The minimum absolute atomic E-state index is 0.0375. The maximum absolute atomic E-state index is 11.6. The Hall–Kier alpha value is -5.06. The van der Waals surface area contributed by atoms with Crippen molar-refractivity contribution in [1.82, 2.24) is 5.32 Å². The van der Waals surface area contributed by atoms with Crippen LogP contribution in [0.4, 0.5) is 17.1 Å². The lowest BCUT2D eigenvalue weighted by Gasteiger charge is -2.08. The predicted molar refractivity (Wildman–Crippen MR) is 135 cm³/mol. The number of nitrogens with zero attached hydrogens (tertiary/aromatic N) is 2. The Kier molecular flexibility index (Phi) is 8.97. The van der Waals surface area contributed by atoms with Gasteiger partial charge in [0.25, 0.3) is 5.91 Å². The average molecular weight is 463 g/mol. The fourth-order valence-corrected chi connectivity index (χ4v) is 2.84. The molecule has 0 aromatic heterocycles. The molecular weight excluding hydrogens is 436 g/mol. The van der Waals surface area contributed by atoms with Crippen molar-refractivity contribution < 1.29 is 14.7 Å². The van der Waals surface area contributed by atoms with Gasteiger partial charge in [0.05, 0.1) is 5.69 Å². The fraction of sp³-hybridized carbons (Fsp3) is 0.0435. The molecule has 11 nitrogen and oxygen atoms in total. The van der Waals surface area contributed by atoms with Gasteiger partial charge in [-0.1, -0.05) is 12.1 Å². The van der Waals surface area contributed by atoms with Gasteiger partial charge < -0.3 is 38.7 Å². The number of phenols is 1. The molecule has 0 spiro atoms. The SMILES string of the molecule is CNC(=O)c1ccc(N=C(N)/N=C(/N)Nc2ccc(-c3cc(N)cc(O)c3)cc2)cc1.NC=O. The fourth-order valence-electron chi connectivity index (χ4n) is 2.84. The summed E-state index contributed by atoms with van der Waals surface area (Å²) in [5, 5.41) is 15.2. The molecule has 34 heavy (non-hydrogen) atoms. The van der Waals surface area contributed by atoms with Gasteiger partial charge in [0.15, 0.2) is 0 Å². The second-order valence-electron chi connectivity index (χ2n) is 6.74. The zero-order valence-electron chi connectivity index (χ0n) is 18.4. The van der Waals surface area contributed by atoms with Crippen LogP contribution in [-0.4, -0.2) is 36.4 Å². The summed E-state index contributed by atoms with van der Waals surface area (Å²) < 4.78 is 0. The summed E-state index contributed by atoms with van der Waals surface area (Å²) in [6.45, 7) is 0. The third-order valence-electron chi connectivity index (χ3n) is 4.27. The normalized spacial score (nSPS) is 11.1. The zero-order chi connectivity index (χ0) is 25.1. The number of guanidine groups is 2. The van der Waals surface area contributed by atoms with E-state index in [9.17, 15) is 9.90 Å². The molecule has 176 valence electrons. The van der Waals surface area contributed by atoms with Crippen LogP contribution in [0.5, 0.6) is 5.75 Å². The van der Waals surface area contributed by atoms with Crippen molar-refractivity contribution in [2.24, 2.45) is 27.2 Å². The number of primary amides is 1. The van der Waals surface area contributed by atoms with E-state index in [1.807, 2.05) is 24.3 Å². The molecule has 0 bridgehead atoms. The van der Waals surface area contributed by atoms with Gasteiger partial charge in [-0.05, 0) is 59.7 Å². The van der Waals surface area contributed by atoms with Gasteiger partial charge in [-0.2, -0.15) is 4.99 Å². The first-order chi connectivity index (χ1) is 16.2. The highest BCUT2D eigenvalue weighted by molar-refractivity contribution is 6.01. The number of carbonyl (C=O) groups excluding carboxylic acids is 2. The van der Waals surface area contributed by atoms with E-state index in [0.717, 1.165) is 11.1 Å². The Morgan fingerprint density at radius 1 is 0.971 bits per heavy atom. The number of benzene rings is 3. The summed E-state index contributed by atoms with van der Waals surface area (Å²) in [6, 6.07) is 18.8. The molecular formula is C23H26N8O3. The number of aromatic hydroxyl groups is 1. The standard InChI is InChI=1S/C22H23N7O2.CH3NO/c1-26-20(31)14-4-8-18(9-5-14)28-22(25)29-21(24)27-17-6-2-13(3-7-17)15-10-16(23)12-19(30)11-15;2-1-3/h2-12,30H,23H2,1H3,(H,26,31)(H5,24,25,27,28,29);1H,(H2,2,3). The Morgan fingerprint density at radius 3 is 2.15 bits per heavy atom. The van der Waals surface area contributed by atoms with Crippen LogP contribution in [0.1, 0.15) is 10.4 Å². The zero-order valence-corrected chi connectivity index (χ0v) is 18.4. The molecule has 0 atom stereocenters. The Bertz CT molecular complexity index is 1170. The highest BCUT2D eigenvalue weighted by Gasteiger charge is 2.04. The first-order valence-corrected chi connectivity index (χ1v) is 9.88. The van der Waals surface area contributed by atoms with Gasteiger partial charge >= 0.3 is 0 Å². The van der Waals surface area contributed by atoms with E-state index in [-0.39, 0.29) is 30.0 Å². The largest absolute Gasteiger partial charge is 0.508 e. The molecule has 3 aromatic rings. The first-order valence-electron chi connectivity index (χ1n) is 9.88. The number of nitrogen functional groups attached to an aromatic ring is 1. The van der Waals surface area contributed by atoms with Crippen molar-refractivity contribution in [3.8, 4) is 16.9 Å². The van der Waals surface area contributed by atoms with Crippen LogP contribution in [0.3, 0.4) is 0 Å². The number of anilines is 2. The van der Waals surface area contributed by atoms with E-state index < -0.39 is 0 Å². The second kappa shape index (κ2) is 12.1. The predicted octanol–water partition coefficient (Wildman–Crippen LogP) is 1.48. The lowest BCUT2D eigenvalue weighted by atomic mass is 10.0. The summed E-state index contributed by atoms with van der Waals surface area (Å²) in [7, 11) is 1.56. The van der Waals surface area contributed by atoms with Crippen molar-refractivity contribution in [2.75, 3.05) is 18.1 Å². The van der Waals surface area contributed by atoms with E-state index in [4.69, 9.17) is 22.0 Å². The van der Waals surface area contributed by atoms with Crippen molar-refractivity contribution >= 4 is 41.3 Å². The molecule has 0 heterocycles. The van der Waals surface area contributed by atoms with E-state index in [2.05, 4.69) is 26.4 Å². The van der Waals surface area contributed by atoms with Crippen LogP contribution >= 0.6 is 0 Å². The van der Waals surface area contributed by atoms with Crippen LogP contribution < -0.4 is 33.6 Å². The Morgan fingerprint density at radius 2 is 1.59 bits per heavy atom. The molecule has 0 aliphatic rings. The number of nitrogens with two attached hydrogens (primary N) is 4. The van der Waals surface area contributed by atoms with E-state index >= 15 is 0 Å². The van der Waals surface area contributed by atoms with Gasteiger partial charge in [0.1, 0.15) is 5.75 Å². The van der Waals surface area contributed by atoms with Crippen LogP contribution in [-0.2, 0) is 4.79 Å². The van der Waals surface area contributed by atoms with Crippen LogP contribution in [0.25, 0.3) is 11.1 Å². The Balaban J connectivity index is 0.00000129. The van der Waals surface area contributed by atoms with Gasteiger partial charge in [-0.25, -0.2) is 4.99 Å². The van der Waals surface area contributed by atoms with E-state index in [0.29, 0.717) is 22.6 Å². The number of amides is 2. The molecule has 11 N–H and O–H groups in total. The number of nitrogens with one attached hydrogen (secondary N) is 2. The number of aliphatic imine (C=N–C) groups is 2. The van der Waals surface area contributed by atoms with Crippen LogP contribution in [0, 0.1) is 0 Å². The summed E-state index contributed by atoms with van der Waals surface area (Å²) in [5.74, 6) is -0.0535. The quantitative estimate of drug-likeness (QED) is 0.131. The number of rotatable bonds is 4. The molecule has 0 aliphatic heterocycles. The van der Waals surface area contributed by atoms with Gasteiger partial charge in [0.2, 0.25) is 18.3 Å². The van der Waals surface area contributed by atoms with Crippen molar-refractivity contribution in [2.45, 2.75) is 0 Å². The minimum atomic E-state index is -0.187. The van der Waals surface area contributed by atoms with E-state index in [1.54, 1.807) is 43.4 Å². The van der Waals surface area contributed by atoms with Crippen LogP contribution in [0.2, 0.25) is 0 Å². The van der Waals surface area contributed by atoms with Crippen LogP contribution in [0.15, 0.2) is 76.7 Å². The van der Waals surface area contributed by atoms with Gasteiger partial charge in [-0.3, -0.25) is 9.59 Å². The monoisotopic (exact) mass is 462 g/mol. The highest BCUT2D eigenvalue weighted by atomic mass is 16.3. The molecule has 0 saturated carbocycles. The molecule has 3 rings (SSSR count). The van der Waals surface area contributed by atoms with Crippen molar-refractivity contribution in [3.05, 3.63) is 72.3 Å². The van der Waals surface area contributed by atoms with Gasteiger partial charge in [0, 0.05) is 30.1 Å². The lowest BCUT2D eigenvalue weighted by Crippen LogP contribution is -2.26. The third-order valence-corrected chi connectivity index (χ3v) is 4.27. The number of hydrogen-bond donors (Lipinski definition) is 7. The molecule has 0 radical (unpaired) electrons. The maximum Gasteiger partial charge on any atom is 0.251 e. The summed E-state index contributed by atoms with van der Waals surface area (Å²) >= 11 is 0. The molecule has 0 fully saturated rings. The smallest absolute Gasteiger partial charge is 0.251 e. The first kappa shape index (κ1) is 25.2. The summed E-state index contributed by atoms with van der Waals surface area (Å²) in [4.78, 5) is 28.3. The van der Waals surface area contributed by atoms with Gasteiger partial charge in [-0.15, -0.1) is 0 Å². The molecule has 0 unspecified atom stereocenters. The maximum atomic E-state index is 11.6. The molecule has 3 aromatic carbocycles. The van der Waals surface area contributed by atoms with E-state index in [1.165, 1.54) is 6.07 Å². The number of phenolic OH excluding ortho intramolecular Hbond substituents is 1. The average Bonchev–Trinajstić information content (AvgIpc) is 2.79. The molecule has 0 saturated heterocycles. The summed E-state index contributed by atoms with van der Waals surface area (Å²) in [5.41, 5.74) is 25.6. The minimum Gasteiger partial charge on any atom is -0.508 e. The molecule has 2 amide bonds. The molecule has 11 heteroatoms. The topological polar surface area (TPSA) is 207 Å². The lowest BCUT2D eigenvalue weighted by molar-refractivity contribution is -0.106. The number of hydrogen-bond acceptors (Lipinski definition) is 5. The summed E-state index contributed by atoms with van der Waals surface area (Å²) in [6.07, 6.45) is 0.250. The Labute approximate surface area is 196 Å². The molecule has 0 aliphatic carbocycles.